The minimum absolute atomic E-state index is 0.289. The lowest BCUT2D eigenvalue weighted by molar-refractivity contribution is 0.0905. The maximum atomic E-state index is 10.7. The van der Waals surface area contributed by atoms with Crippen LogP contribution in [0.4, 0.5) is 0 Å². The van der Waals surface area contributed by atoms with E-state index in [-0.39, 0.29) is 6.42 Å². The quantitative estimate of drug-likeness (QED) is 0.801. The van der Waals surface area contributed by atoms with Crippen LogP contribution in [-0.4, -0.2) is 5.11 Å². The van der Waals surface area contributed by atoms with E-state index in [0.29, 0.717) is 0 Å². The number of terminal acetylenes is 1. The molecule has 0 aliphatic heterocycles. The maximum Gasteiger partial charge on any atom is 0.135 e. The molecule has 0 bridgehead atoms. The zero-order chi connectivity index (χ0) is 11.4. The first-order chi connectivity index (χ1) is 7.77. The summed E-state index contributed by atoms with van der Waals surface area (Å²) in [5, 5.41) is 12.7. The highest BCUT2D eigenvalue weighted by atomic mass is 32.1. The van der Waals surface area contributed by atoms with Crippen molar-refractivity contribution in [3.05, 3.63) is 58.3 Å². The van der Waals surface area contributed by atoms with Crippen LogP contribution in [0.2, 0.25) is 0 Å². The van der Waals surface area contributed by atoms with E-state index >= 15 is 0 Å². The van der Waals surface area contributed by atoms with Crippen LogP contribution in [0, 0.1) is 12.3 Å². The van der Waals surface area contributed by atoms with Gasteiger partial charge in [0.15, 0.2) is 0 Å². The van der Waals surface area contributed by atoms with Crippen molar-refractivity contribution in [1.82, 2.24) is 0 Å². The normalized spacial score (nSPS) is 14.0. The van der Waals surface area contributed by atoms with Gasteiger partial charge in [0.2, 0.25) is 0 Å². The molecule has 1 aromatic heterocycles. The molecule has 0 fully saturated rings. The molecule has 0 radical (unpaired) electrons. The summed E-state index contributed by atoms with van der Waals surface area (Å²) in [6.07, 6.45) is 5.64. The maximum absolute atomic E-state index is 10.7. The Morgan fingerprint density at radius 1 is 1.19 bits per heavy atom. The Balaban J connectivity index is 2.49. The second-order valence-electron chi connectivity index (χ2n) is 3.58. The molecule has 16 heavy (non-hydrogen) atoms. The molecule has 1 unspecified atom stereocenters. The van der Waals surface area contributed by atoms with E-state index in [1.54, 1.807) is 0 Å². The second kappa shape index (κ2) is 4.52. The molecular formula is C14H12OS. The monoisotopic (exact) mass is 228 g/mol. The van der Waals surface area contributed by atoms with Gasteiger partial charge in [-0.05, 0) is 17.0 Å². The molecule has 2 rings (SSSR count). The van der Waals surface area contributed by atoms with E-state index in [1.807, 2.05) is 47.8 Å². The van der Waals surface area contributed by atoms with E-state index in [2.05, 4.69) is 5.92 Å². The van der Waals surface area contributed by atoms with Crippen LogP contribution in [-0.2, 0) is 5.60 Å². The molecule has 0 aliphatic carbocycles. The Hall–Kier alpha value is -1.56. The fourth-order valence-electron chi connectivity index (χ4n) is 1.71. The molecule has 0 spiro atoms. The Morgan fingerprint density at radius 2 is 1.94 bits per heavy atom. The highest BCUT2D eigenvalue weighted by Crippen LogP contribution is 2.35. The molecule has 0 aliphatic rings. The summed E-state index contributed by atoms with van der Waals surface area (Å²) in [7, 11) is 0. The summed E-state index contributed by atoms with van der Waals surface area (Å²) in [4.78, 5) is 0.886. The largest absolute Gasteiger partial charge is 0.379 e. The summed E-state index contributed by atoms with van der Waals surface area (Å²) >= 11 is 1.52. The third kappa shape index (κ3) is 1.88. The van der Waals surface area contributed by atoms with Gasteiger partial charge in [-0.3, -0.25) is 0 Å². The van der Waals surface area contributed by atoms with Gasteiger partial charge in [0, 0.05) is 11.3 Å². The van der Waals surface area contributed by atoms with Crippen molar-refractivity contribution in [3.8, 4) is 12.3 Å². The molecular weight excluding hydrogens is 216 g/mol. The minimum Gasteiger partial charge on any atom is -0.379 e. The van der Waals surface area contributed by atoms with Crippen LogP contribution in [0.1, 0.15) is 16.9 Å². The predicted molar refractivity (Wildman–Crippen MR) is 67.2 cm³/mol. The SMILES string of the molecule is C#CCC(O)(c1ccccc1)c1cccs1. The lowest BCUT2D eigenvalue weighted by Gasteiger charge is -2.25. The van der Waals surface area contributed by atoms with Crippen molar-refractivity contribution in [2.45, 2.75) is 12.0 Å². The Labute approximate surface area is 99.4 Å². The van der Waals surface area contributed by atoms with E-state index in [4.69, 9.17) is 6.42 Å². The standard InChI is InChI=1S/C14H12OS/c1-2-10-14(15,13-9-6-11-16-13)12-7-4-3-5-8-12/h1,3-9,11,15H,10H2. The highest BCUT2D eigenvalue weighted by Gasteiger charge is 2.31. The minimum atomic E-state index is -1.05. The summed E-state index contributed by atoms with van der Waals surface area (Å²) in [6.45, 7) is 0. The fraction of sp³-hybridized carbons (Fsp3) is 0.143. The number of hydrogen-bond acceptors (Lipinski definition) is 2. The lowest BCUT2D eigenvalue weighted by atomic mass is 9.89. The van der Waals surface area contributed by atoms with Crippen LogP contribution in [0.3, 0.4) is 0 Å². The topological polar surface area (TPSA) is 20.2 Å². The zero-order valence-corrected chi connectivity index (χ0v) is 9.58. The molecule has 0 amide bonds. The third-order valence-electron chi connectivity index (χ3n) is 2.54. The molecule has 1 nitrogen and oxygen atoms in total. The highest BCUT2D eigenvalue weighted by molar-refractivity contribution is 7.10. The number of hydrogen-bond donors (Lipinski definition) is 1. The van der Waals surface area contributed by atoms with Gasteiger partial charge < -0.3 is 5.11 Å². The Bertz CT molecular complexity index is 481. The van der Waals surface area contributed by atoms with Crippen LogP contribution < -0.4 is 0 Å². The fourth-order valence-corrected chi connectivity index (χ4v) is 2.55. The van der Waals surface area contributed by atoms with Gasteiger partial charge in [-0.15, -0.1) is 23.7 Å². The van der Waals surface area contributed by atoms with Gasteiger partial charge in [-0.2, -0.15) is 0 Å². The molecule has 2 heteroatoms. The van der Waals surface area contributed by atoms with Gasteiger partial charge in [0.1, 0.15) is 5.60 Å². The van der Waals surface area contributed by atoms with Crippen molar-refractivity contribution in [1.29, 1.82) is 0 Å². The molecule has 1 aromatic carbocycles. The summed E-state index contributed by atoms with van der Waals surface area (Å²) < 4.78 is 0. The van der Waals surface area contributed by atoms with Crippen molar-refractivity contribution in [2.75, 3.05) is 0 Å². The van der Waals surface area contributed by atoms with E-state index in [0.717, 1.165) is 10.4 Å². The summed E-state index contributed by atoms with van der Waals surface area (Å²) in [5.74, 6) is 2.55. The Kier molecular flexibility index (Phi) is 3.09. The van der Waals surface area contributed by atoms with Crippen molar-refractivity contribution in [3.63, 3.8) is 0 Å². The van der Waals surface area contributed by atoms with Gasteiger partial charge in [-0.25, -0.2) is 0 Å². The number of thiophene rings is 1. The lowest BCUT2D eigenvalue weighted by Crippen LogP contribution is -2.25. The van der Waals surface area contributed by atoms with Crippen molar-refractivity contribution >= 4 is 11.3 Å². The Morgan fingerprint density at radius 3 is 2.50 bits per heavy atom. The smallest absolute Gasteiger partial charge is 0.135 e. The first kappa shape index (κ1) is 10.9. The first-order valence-corrected chi connectivity index (χ1v) is 5.90. The van der Waals surface area contributed by atoms with Gasteiger partial charge in [0.05, 0.1) is 0 Å². The number of rotatable bonds is 3. The average Bonchev–Trinajstić information content (AvgIpc) is 2.84. The van der Waals surface area contributed by atoms with Crippen molar-refractivity contribution in [2.24, 2.45) is 0 Å². The average molecular weight is 228 g/mol. The number of aliphatic hydroxyl groups is 1. The molecule has 1 heterocycles. The summed E-state index contributed by atoms with van der Waals surface area (Å²) in [6, 6.07) is 13.4. The van der Waals surface area contributed by atoms with Crippen LogP contribution in [0.15, 0.2) is 47.8 Å². The van der Waals surface area contributed by atoms with Crippen LogP contribution >= 0.6 is 11.3 Å². The molecule has 0 saturated heterocycles. The van der Waals surface area contributed by atoms with Crippen molar-refractivity contribution < 1.29 is 5.11 Å². The van der Waals surface area contributed by atoms with Gasteiger partial charge in [-0.1, -0.05) is 36.4 Å². The molecule has 1 atom stereocenters. The third-order valence-corrected chi connectivity index (χ3v) is 3.56. The van der Waals surface area contributed by atoms with Crippen LogP contribution in [0.5, 0.6) is 0 Å². The zero-order valence-electron chi connectivity index (χ0n) is 8.76. The van der Waals surface area contributed by atoms with E-state index in [9.17, 15) is 5.11 Å². The summed E-state index contributed by atoms with van der Waals surface area (Å²) in [5.41, 5.74) is -0.208. The molecule has 80 valence electrons. The molecule has 1 N–H and O–H groups in total. The van der Waals surface area contributed by atoms with Gasteiger partial charge >= 0.3 is 0 Å². The van der Waals surface area contributed by atoms with Crippen LogP contribution in [0.25, 0.3) is 0 Å². The van der Waals surface area contributed by atoms with E-state index < -0.39 is 5.60 Å². The molecule has 0 saturated carbocycles. The molecule has 2 aromatic rings. The number of benzene rings is 1. The predicted octanol–water partition coefficient (Wildman–Crippen LogP) is 3.01. The van der Waals surface area contributed by atoms with E-state index in [1.165, 1.54) is 11.3 Å². The van der Waals surface area contributed by atoms with Gasteiger partial charge in [0.25, 0.3) is 0 Å². The second-order valence-corrected chi connectivity index (χ2v) is 4.53. The first-order valence-electron chi connectivity index (χ1n) is 5.03.